The van der Waals surface area contributed by atoms with E-state index in [1.54, 1.807) is 27.8 Å². The van der Waals surface area contributed by atoms with Crippen molar-refractivity contribution in [1.82, 2.24) is 14.8 Å². The molecule has 0 atom stereocenters. The van der Waals surface area contributed by atoms with Gasteiger partial charge in [0.15, 0.2) is 0 Å². The monoisotopic (exact) mass is 399 g/mol. The van der Waals surface area contributed by atoms with Gasteiger partial charge < -0.3 is 14.5 Å². The zero-order valence-electron chi connectivity index (χ0n) is 16.4. The van der Waals surface area contributed by atoms with E-state index in [2.05, 4.69) is 4.98 Å². The van der Waals surface area contributed by atoms with Gasteiger partial charge in [0.2, 0.25) is 0 Å². The Balaban J connectivity index is 1.54. The van der Waals surface area contributed by atoms with Crippen LogP contribution in [0.2, 0.25) is 0 Å². The van der Waals surface area contributed by atoms with E-state index in [1.807, 2.05) is 63.2 Å². The lowest BCUT2D eigenvalue weighted by atomic mass is 10.2. The van der Waals surface area contributed by atoms with E-state index in [4.69, 9.17) is 4.74 Å². The van der Waals surface area contributed by atoms with Crippen LogP contribution in [0.1, 0.15) is 31.1 Å². The Kier molecular flexibility index (Phi) is 6.24. The smallest absolute Gasteiger partial charge is 0.410 e. The molecular weight excluding hydrogens is 374 g/mol. The third-order valence-corrected chi connectivity index (χ3v) is 5.14. The van der Waals surface area contributed by atoms with Crippen molar-refractivity contribution >= 4 is 23.8 Å². The molecule has 0 radical (unpaired) electrons. The second kappa shape index (κ2) is 8.65. The number of hydrogen-bond donors (Lipinski definition) is 0. The molecule has 1 fully saturated rings. The van der Waals surface area contributed by atoms with E-state index < -0.39 is 5.60 Å². The van der Waals surface area contributed by atoms with Crippen molar-refractivity contribution in [3.8, 4) is 0 Å². The lowest BCUT2D eigenvalue weighted by molar-refractivity contribution is 0.0141. The van der Waals surface area contributed by atoms with Crippen LogP contribution < -0.4 is 0 Å². The largest absolute Gasteiger partial charge is 0.444 e. The van der Waals surface area contributed by atoms with E-state index in [0.717, 1.165) is 9.92 Å². The van der Waals surface area contributed by atoms with Gasteiger partial charge in [-0.2, -0.15) is 0 Å². The number of aromatic nitrogens is 1. The number of carbonyl (C=O) groups is 2. The number of nitrogens with zero attached hydrogens (tertiary/aromatic N) is 3. The summed E-state index contributed by atoms with van der Waals surface area (Å²) in [6, 6.07) is 13.3. The Morgan fingerprint density at radius 2 is 1.61 bits per heavy atom. The van der Waals surface area contributed by atoms with Crippen molar-refractivity contribution in [3.63, 3.8) is 0 Å². The lowest BCUT2D eigenvalue weighted by Gasteiger charge is -2.35. The summed E-state index contributed by atoms with van der Waals surface area (Å²) in [5, 5.41) is 0.917. The normalized spacial score (nSPS) is 14.7. The average Bonchev–Trinajstić information content (AvgIpc) is 2.68. The standard InChI is InChI=1S/C21H25N3O3S/c1-21(2,3)27-20(26)24-14-12-23(13-15-24)19(25)16-7-9-17(10-8-16)28-18-6-4-5-11-22-18/h4-11H,12-15H2,1-3H3. The minimum absolute atomic E-state index is 0.0155. The zero-order chi connectivity index (χ0) is 20.1. The molecule has 2 amide bonds. The van der Waals surface area contributed by atoms with E-state index in [-0.39, 0.29) is 12.0 Å². The highest BCUT2D eigenvalue weighted by Crippen LogP contribution is 2.26. The molecule has 0 saturated carbocycles. The summed E-state index contributed by atoms with van der Waals surface area (Å²) in [6.07, 6.45) is 1.44. The van der Waals surface area contributed by atoms with Gasteiger partial charge in [-0.3, -0.25) is 4.79 Å². The van der Waals surface area contributed by atoms with Gasteiger partial charge in [0.25, 0.3) is 5.91 Å². The molecule has 1 aliphatic heterocycles. The number of hydrogen-bond acceptors (Lipinski definition) is 5. The third-order valence-electron chi connectivity index (χ3n) is 4.18. The Morgan fingerprint density at radius 3 is 2.18 bits per heavy atom. The topological polar surface area (TPSA) is 62.7 Å². The first kappa shape index (κ1) is 20.2. The maximum Gasteiger partial charge on any atom is 0.410 e. The molecule has 1 aliphatic rings. The first-order chi connectivity index (χ1) is 13.3. The minimum atomic E-state index is -0.515. The van der Waals surface area contributed by atoms with E-state index >= 15 is 0 Å². The second-order valence-corrected chi connectivity index (χ2v) is 8.65. The average molecular weight is 400 g/mol. The molecule has 0 aliphatic carbocycles. The highest BCUT2D eigenvalue weighted by atomic mass is 32.2. The van der Waals surface area contributed by atoms with Crippen molar-refractivity contribution in [1.29, 1.82) is 0 Å². The molecule has 6 nitrogen and oxygen atoms in total. The number of benzene rings is 1. The van der Waals surface area contributed by atoms with Crippen LogP contribution in [-0.2, 0) is 4.74 Å². The summed E-state index contributed by atoms with van der Waals surface area (Å²) in [5.74, 6) is -0.0155. The predicted molar refractivity (Wildman–Crippen MR) is 109 cm³/mol. The van der Waals surface area contributed by atoms with Crippen LogP contribution in [-0.4, -0.2) is 58.6 Å². The summed E-state index contributed by atoms with van der Waals surface area (Å²) >= 11 is 1.56. The van der Waals surface area contributed by atoms with Gasteiger partial charge >= 0.3 is 6.09 Å². The minimum Gasteiger partial charge on any atom is -0.444 e. The molecule has 1 aromatic carbocycles. The Bertz CT molecular complexity index is 811. The highest BCUT2D eigenvalue weighted by molar-refractivity contribution is 7.99. The molecule has 148 valence electrons. The molecule has 0 N–H and O–H groups in total. The molecular formula is C21H25N3O3S. The fraction of sp³-hybridized carbons (Fsp3) is 0.381. The van der Waals surface area contributed by atoms with E-state index in [9.17, 15) is 9.59 Å². The maximum absolute atomic E-state index is 12.7. The number of carbonyl (C=O) groups excluding carboxylic acids is 2. The molecule has 3 rings (SSSR count). The number of piperazine rings is 1. The van der Waals surface area contributed by atoms with Crippen molar-refractivity contribution in [2.24, 2.45) is 0 Å². The molecule has 0 unspecified atom stereocenters. The molecule has 2 aromatic rings. The fourth-order valence-corrected chi connectivity index (χ4v) is 3.57. The SMILES string of the molecule is CC(C)(C)OC(=O)N1CCN(C(=O)c2ccc(Sc3ccccn3)cc2)CC1. The van der Waals surface area contributed by atoms with Crippen molar-refractivity contribution in [3.05, 3.63) is 54.2 Å². The second-order valence-electron chi connectivity index (χ2n) is 7.55. The highest BCUT2D eigenvalue weighted by Gasteiger charge is 2.28. The summed E-state index contributed by atoms with van der Waals surface area (Å²) in [4.78, 5) is 33.6. The maximum atomic E-state index is 12.7. The van der Waals surface area contributed by atoms with E-state index in [1.165, 1.54) is 0 Å². The fourth-order valence-electron chi connectivity index (χ4n) is 2.79. The Hall–Kier alpha value is -2.54. The third kappa shape index (κ3) is 5.48. The first-order valence-electron chi connectivity index (χ1n) is 9.28. The number of rotatable bonds is 3. The molecule has 0 spiro atoms. The Morgan fingerprint density at radius 1 is 0.964 bits per heavy atom. The van der Waals surface area contributed by atoms with E-state index in [0.29, 0.717) is 31.7 Å². The summed E-state index contributed by atoms with van der Waals surface area (Å²) in [7, 11) is 0. The van der Waals surface area contributed by atoms with Gasteiger partial charge in [-0.25, -0.2) is 9.78 Å². The summed E-state index contributed by atoms with van der Waals surface area (Å²) in [5.41, 5.74) is 0.134. The number of amides is 2. The van der Waals surface area contributed by atoms with Gasteiger partial charge in [0.05, 0.1) is 0 Å². The molecule has 7 heteroatoms. The molecule has 2 heterocycles. The van der Waals surface area contributed by atoms with Crippen molar-refractivity contribution in [2.75, 3.05) is 26.2 Å². The van der Waals surface area contributed by atoms with Crippen LogP contribution in [0.25, 0.3) is 0 Å². The zero-order valence-corrected chi connectivity index (χ0v) is 17.2. The summed E-state index contributed by atoms with van der Waals surface area (Å²) < 4.78 is 5.40. The predicted octanol–water partition coefficient (Wildman–Crippen LogP) is 3.93. The molecule has 1 saturated heterocycles. The van der Waals surface area contributed by atoms with Crippen LogP contribution >= 0.6 is 11.8 Å². The lowest BCUT2D eigenvalue weighted by Crippen LogP contribution is -2.51. The van der Waals surface area contributed by atoms with Crippen LogP contribution in [0.5, 0.6) is 0 Å². The van der Waals surface area contributed by atoms with Gasteiger partial charge in [-0.05, 0) is 57.2 Å². The van der Waals surface area contributed by atoms with Crippen molar-refractivity contribution in [2.45, 2.75) is 36.3 Å². The molecule has 28 heavy (non-hydrogen) atoms. The molecule has 0 bridgehead atoms. The van der Waals surface area contributed by atoms with Gasteiger partial charge in [0.1, 0.15) is 10.6 Å². The van der Waals surface area contributed by atoms with Gasteiger partial charge in [-0.1, -0.05) is 17.8 Å². The Labute approximate surface area is 169 Å². The van der Waals surface area contributed by atoms with Crippen LogP contribution in [0.15, 0.2) is 58.6 Å². The number of ether oxygens (including phenoxy) is 1. The quantitative estimate of drug-likeness (QED) is 0.783. The van der Waals surface area contributed by atoms with Gasteiger partial charge in [-0.15, -0.1) is 0 Å². The van der Waals surface area contributed by atoms with Crippen LogP contribution in [0, 0.1) is 0 Å². The van der Waals surface area contributed by atoms with Crippen LogP contribution in [0.3, 0.4) is 0 Å². The molecule has 1 aromatic heterocycles. The summed E-state index contributed by atoms with van der Waals surface area (Å²) in [6.45, 7) is 7.51. The van der Waals surface area contributed by atoms with Crippen LogP contribution in [0.4, 0.5) is 4.79 Å². The van der Waals surface area contributed by atoms with Gasteiger partial charge in [0, 0.05) is 42.8 Å². The number of pyridine rings is 1. The first-order valence-corrected chi connectivity index (χ1v) is 10.1. The van der Waals surface area contributed by atoms with Crippen molar-refractivity contribution < 1.29 is 14.3 Å².